The van der Waals surface area contributed by atoms with Crippen molar-refractivity contribution in [2.75, 3.05) is 5.75 Å². The second kappa shape index (κ2) is 4.74. The van der Waals surface area contributed by atoms with E-state index < -0.39 is 5.97 Å². The highest BCUT2D eigenvalue weighted by atomic mass is 32.2. The van der Waals surface area contributed by atoms with Crippen LogP contribution in [0.2, 0.25) is 0 Å². The fourth-order valence-corrected chi connectivity index (χ4v) is 2.78. The molecule has 0 amide bonds. The molecule has 1 aliphatic heterocycles. The van der Waals surface area contributed by atoms with Crippen molar-refractivity contribution in [2.24, 2.45) is 0 Å². The highest BCUT2D eigenvalue weighted by molar-refractivity contribution is 7.99. The van der Waals surface area contributed by atoms with Gasteiger partial charge in [0.05, 0.1) is 11.7 Å². The van der Waals surface area contributed by atoms with Crippen molar-refractivity contribution < 1.29 is 19.1 Å². The van der Waals surface area contributed by atoms with Gasteiger partial charge in [-0.05, 0) is 38.8 Å². The number of carboxylic acids is 1. The van der Waals surface area contributed by atoms with Crippen molar-refractivity contribution in [3.63, 3.8) is 0 Å². The minimum atomic E-state index is -1.03. The van der Waals surface area contributed by atoms with E-state index in [0.717, 1.165) is 18.6 Å². The highest BCUT2D eigenvalue weighted by Gasteiger charge is 2.31. The number of ether oxygens (including phenoxy) is 1. The third-order valence-electron chi connectivity index (χ3n) is 2.76. The Hall–Kier alpha value is -0.940. The zero-order valence-corrected chi connectivity index (χ0v) is 10.8. The largest absolute Gasteiger partial charge is 0.475 e. The molecule has 0 spiro atoms. The van der Waals surface area contributed by atoms with Crippen molar-refractivity contribution in [1.82, 2.24) is 0 Å². The Balaban J connectivity index is 1.84. The molecule has 1 fully saturated rings. The second-order valence-corrected chi connectivity index (χ2v) is 5.80. The lowest BCUT2D eigenvalue weighted by Gasteiger charge is -2.18. The number of hydrogen-bond donors (Lipinski definition) is 1. The number of furan rings is 1. The Morgan fingerprint density at radius 2 is 2.35 bits per heavy atom. The maximum absolute atomic E-state index is 10.6. The standard InChI is InChI=1S/C12H16O4S/c1-12(2)6-5-8(16-12)7-17-10-4-3-9(15-10)11(13)14/h3-4,8H,5-7H2,1-2H3,(H,13,14). The van der Waals surface area contributed by atoms with Crippen LogP contribution in [-0.4, -0.2) is 28.5 Å². The maximum Gasteiger partial charge on any atom is 0.371 e. The van der Waals surface area contributed by atoms with Crippen LogP contribution in [0.25, 0.3) is 0 Å². The Morgan fingerprint density at radius 3 is 2.88 bits per heavy atom. The van der Waals surface area contributed by atoms with Crippen molar-refractivity contribution >= 4 is 17.7 Å². The molecule has 2 heterocycles. The third kappa shape index (κ3) is 3.26. The summed E-state index contributed by atoms with van der Waals surface area (Å²) in [4.78, 5) is 10.6. The van der Waals surface area contributed by atoms with Gasteiger partial charge in [0.25, 0.3) is 0 Å². The molecule has 1 unspecified atom stereocenters. The van der Waals surface area contributed by atoms with Crippen LogP contribution >= 0.6 is 11.8 Å². The Bertz CT molecular complexity index is 410. The van der Waals surface area contributed by atoms with Crippen LogP contribution < -0.4 is 0 Å². The molecule has 1 aliphatic rings. The molecule has 1 saturated heterocycles. The maximum atomic E-state index is 10.6. The van der Waals surface area contributed by atoms with Gasteiger partial charge in [0.2, 0.25) is 5.76 Å². The van der Waals surface area contributed by atoms with Gasteiger partial charge < -0.3 is 14.3 Å². The monoisotopic (exact) mass is 256 g/mol. The van der Waals surface area contributed by atoms with E-state index in [2.05, 4.69) is 13.8 Å². The Labute approximate surface area is 104 Å². The second-order valence-electron chi connectivity index (χ2n) is 4.77. The molecule has 2 rings (SSSR count). The van der Waals surface area contributed by atoms with Gasteiger partial charge in [-0.25, -0.2) is 4.79 Å². The Kier molecular flexibility index (Phi) is 3.49. The molecular formula is C12H16O4S. The van der Waals surface area contributed by atoms with Crippen LogP contribution in [0.3, 0.4) is 0 Å². The summed E-state index contributed by atoms with van der Waals surface area (Å²) in [6.07, 6.45) is 2.34. The molecule has 4 nitrogen and oxygen atoms in total. The summed E-state index contributed by atoms with van der Waals surface area (Å²) in [6.45, 7) is 4.18. The van der Waals surface area contributed by atoms with E-state index in [0.29, 0.717) is 5.09 Å². The number of rotatable bonds is 4. The van der Waals surface area contributed by atoms with Gasteiger partial charge in [0.1, 0.15) is 0 Å². The molecule has 17 heavy (non-hydrogen) atoms. The molecule has 94 valence electrons. The van der Waals surface area contributed by atoms with Crippen LogP contribution in [0.1, 0.15) is 37.2 Å². The summed E-state index contributed by atoms with van der Waals surface area (Å²) in [5.41, 5.74) is -0.0272. The fourth-order valence-electron chi connectivity index (χ4n) is 1.88. The number of carboxylic acid groups (broad SMARTS) is 1. The lowest BCUT2D eigenvalue weighted by molar-refractivity contribution is -0.00471. The number of thioether (sulfide) groups is 1. The summed E-state index contributed by atoms with van der Waals surface area (Å²) in [6, 6.07) is 3.17. The molecule has 1 aromatic rings. The molecular weight excluding hydrogens is 240 g/mol. The van der Waals surface area contributed by atoms with E-state index in [4.69, 9.17) is 14.3 Å². The first-order chi connectivity index (χ1) is 7.96. The first-order valence-corrected chi connectivity index (χ1v) is 6.58. The number of aromatic carboxylic acids is 1. The molecule has 1 atom stereocenters. The van der Waals surface area contributed by atoms with Gasteiger partial charge >= 0.3 is 5.97 Å². The van der Waals surface area contributed by atoms with E-state index in [1.807, 2.05) is 0 Å². The average molecular weight is 256 g/mol. The lowest BCUT2D eigenvalue weighted by atomic mass is 10.1. The predicted molar refractivity (Wildman–Crippen MR) is 64.6 cm³/mol. The molecule has 0 bridgehead atoms. The summed E-state index contributed by atoms with van der Waals surface area (Å²) >= 11 is 1.50. The van der Waals surface area contributed by atoms with Crippen LogP contribution in [0.4, 0.5) is 0 Å². The summed E-state index contributed by atoms with van der Waals surface area (Å²) in [7, 11) is 0. The first kappa shape index (κ1) is 12.5. The van der Waals surface area contributed by atoms with E-state index in [1.54, 1.807) is 6.07 Å². The quantitative estimate of drug-likeness (QED) is 0.839. The molecule has 0 aromatic carbocycles. The smallest absolute Gasteiger partial charge is 0.371 e. The average Bonchev–Trinajstić information content (AvgIpc) is 2.81. The molecule has 5 heteroatoms. The normalized spacial score (nSPS) is 22.8. The van der Waals surface area contributed by atoms with Gasteiger partial charge in [-0.15, -0.1) is 0 Å². The van der Waals surface area contributed by atoms with Gasteiger partial charge in [-0.3, -0.25) is 0 Å². The van der Waals surface area contributed by atoms with Crippen LogP contribution in [-0.2, 0) is 4.74 Å². The van der Waals surface area contributed by atoms with Crippen molar-refractivity contribution in [2.45, 2.75) is 43.5 Å². The molecule has 1 aromatic heterocycles. The van der Waals surface area contributed by atoms with Gasteiger partial charge in [0.15, 0.2) is 5.09 Å². The molecule has 0 radical (unpaired) electrons. The lowest BCUT2D eigenvalue weighted by Crippen LogP contribution is -2.20. The van der Waals surface area contributed by atoms with Crippen molar-refractivity contribution in [1.29, 1.82) is 0 Å². The third-order valence-corrected chi connectivity index (χ3v) is 3.80. The minimum Gasteiger partial charge on any atom is -0.475 e. The van der Waals surface area contributed by atoms with Crippen LogP contribution in [0, 0.1) is 0 Å². The van der Waals surface area contributed by atoms with Gasteiger partial charge in [-0.1, -0.05) is 11.8 Å². The fraction of sp³-hybridized carbons (Fsp3) is 0.583. The predicted octanol–water partition coefficient (Wildman–Crippen LogP) is 3.03. The SMILES string of the molecule is CC1(C)CCC(CSc2ccc(C(=O)O)o2)O1. The molecule has 0 saturated carbocycles. The van der Waals surface area contributed by atoms with Crippen molar-refractivity contribution in [3.8, 4) is 0 Å². The minimum absolute atomic E-state index is 0.0137. The Morgan fingerprint density at radius 1 is 1.59 bits per heavy atom. The molecule has 0 aliphatic carbocycles. The van der Waals surface area contributed by atoms with E-state index >= 15 is 0 Å². The van der Waals surface area contributed by atoms with Crippen LogP contribution in [0.5, 0.6) is 0 Å². The summed E-state index contributed by atoms with van der Waals surface area (Å²) < 4.78 is 11.0. The highest BCUT2D eigenvalue weighted by Crippen LogP contribution is 2.33. The number of carbonyl (C=O) groups is 1. The zero-order valence-electron chi connectivity index (χ0n) is 9.93. The van der Waals surface area contributed by atoms with E-state index in [1.165, 1.54) is 17.8 Å². The first-order valence-electron chi connectivity index (χ1n) is 5.60. The van der Waals surface area contributed by atoms with Crippen LogP contribution in [0.15, 0.2) is 21.6 Å². The topological polar surface area (TPSA) is 59.7 Å². The van der Waals surface area contributed by atoms with Crippen molar-refractivity contribution in [3.05, 3.63) is 17.9 Å². The van der Waals surface area contributed by atoms with E-state index in [-0.39, 0.29) is 17.5 Å². The van der Waals surface area contributed by atoms with Gasteiger partial charge in [0, 0.05) is 5.75 Å². The summed E-state index contributed by atoms with van der Waals surface area (Å²) in [5.74, 6) is -0.244. The van der Waals surface area contributed by atoms with Gasteiger partial charge in [-0.2, -0.15) is 0 Å². The summed E-state index contributed by atoms with van der Waals surface area (Å²) in [5, 5.41) is 9.35. The zero-order chi connectivity index (χ0) is 12.5. The molecule has 1 N–H and O–H groups in total. The number of hydrogen-bond acceptors (Lipinski definition) is 4. The van der Waals surface area contributed by atoms with E-state index in [9.17, 15) is 4.79 Å².